The molecule has 2 heterocycles. The Kier molecular flexibility index (Phi) is 5.29. The van der Waals surface area contributed by atoms with E-state index in [1.54, 1.807) is 35.1 Å². The van der Waals surface area contributed by atoms with Crippen LogP contribution >= 0.6 is 0 Å². The van der Waals surface area contributed by atoms with Gasteiger partial charge < -0.3 is 24.6 Å². The number of hydrogen-bond acceptors (Lipinski definition) is 5. The van der Waals surface area contributed by atoms with Gasteiger partial charge in [0.15, 0.2) is 0 Å². The summed E-state index contributed by atoms with van der Waals surface area (Å²) >= 11 is 0. The standard InChI is InChI=1S/C18H23N3O5/c1-25-12-3-4-13(15(11-12)26-2)17(23)20-7-9-21(10-8-20)18(24)14-5-6-16(22)19-14/h3-4,11,14H,5-10H2,1-2H3,(H,19,22). The summed E-state index contributed by atoms with van der Waals surface area (Å²) in [6.45, 7) is 1.80. The molecule has 140 valence electrons. The molecule has 0 aliphatic carbocycles. The van der Waals surface area contributed by atoms with E-state index in [-0.39, 0.29) is 17.7 Å². The predicted octanol–water partition coefficient (Wildman–Crippen LogP) is 0.267. The molecular weight excluding hydrogens is 338 g/mol. The van der Waals surface area contributed by atoms with Crippen molar-refractivity contribution in [3.8, 4) is 11.5 Å². The highest BCUT2D eigenvalue weighted by Crippen LogP contribution is 2.26. The monoisotopic (exact) mass is 361 g/mol. The van der Waals surface area contributed by atoms with Crippen LogP contribution in [0.2, 0.25) is 0 Å². The highest BCUT2D eigenvalue weighted by Gasteiger charge is 2.33. The van der Waals surface area contributed by atoms with Crippen LogP contribution in [0.4, 0.5) is 0 Å². The van der Waals surface area contributed by atoms with Gasteiger partial charge in [-0.05, 0) is 18.6 Å². The number of carbonyl (C=O) groups excluding carboxylic acids is 3. The number of carbonyl (C=O) groups is 3. The summed E-state index contributed by atoms with van der Waals surface area (Å²) in [5, 5.41) is 2.70. The van der Waals surface area contributed by atoms with Crippen molar-refractivity contribution in [2.45, 2.75) is 18.9 Å². The summed E-state index contributed by atoms with van der Waals surface area (Å²) in [6.07, 6.45) is 0.936. The Balaban J connectivity index is 1.62. The fraction of sp³-hybridized carbons (Fsp3) is 0.500. The van der Waals surface area contributed by atoms with Crippen molar-refractivity contribution in [2.24, 2.45) is 0 Å². The van der Waals surface area contributed by atoms with Crippen LogP contribution < -0.4 is 14.8 Å². The summed E-state index contributed by atoms with van der Waals surface area (Å²) in [6, 6.07) is 4.66. The van der Waals surface area contributed by atoms with Gasteiger partial charge in [0, 0.05) is 38.7 Å². The number of nitrogens with zero attached hydrogens (tertiary/aromatic N) is 2. The van der Waals surface area contributed by atoms with E-state index in [9.17, 15) is 14.4 Å². The summed E-state index contributed by atoms with van der Waals surface area (Å²) in [4.78, 5) is 39.9. The topological polar surface area (TPSA) is 88.2 Å². The van der Waals surface area contributed by atoms with E-state index < -0.39 is 6.04 Å². The summed E-state index contributed by atoms with van der Waals surface area (Å²) in [7, 11) is 3.07. The van der Waals surface area contributed by atoms with Crippen molar-refractivity contribution in [3.05, 3.63) is 23.8 Å². The second-order valence-corrected chi connectivity index (χ2v) is 6.34. The molecule has 1 unspecified atom stereocenters. The van der Waals surface area contributed by atoms with Gasteiger partial charge in [0.25, 0.3) is 5.91 Å². The first kappa shape index (κ1) is 18.0. The molecule has 8 heteroatoms. The zero-order valence-electron chi connectivity index (χ0n) is 15.0. The van der Waals surface area contributed by atoms with Crippen molar-refractivity contribution >= 4 is 17.7 Å². The quantitative estimate of drug-likeness (QED) is 0.832. The molecule has 1 aromatic carbocycles. The Labute approximate surface area is 152 Å². The van der Waals surface area contributed by atoms with Crippen LogP contribution in [0.15, 0.2) is 18.2 Å². The van der Waals surface area contributed by atoms with Gasteiger partial charge in [0.2, 0.25) is 11.8 Å². The van der Waals surface area contributed by atoms with Crippen LogP contribution in [0.1, 0.15) is 23.2 Å². The lowest BCUT2D eigenvalue weighted by Crippen LogP contribution is -2.54. The molecule has 2 aliphatic heterocycles. The molecule has 0 spiro atoms. The minimum Gasteiger partial charge on any atom is -0.497 e. The van der Waals surface area contributed by atoms with Crippen molar-refractivity contribution in [2.75, 3.05) is 40.4 Å². The number of benzene rings is 1. The number of hydrogen-bond donors (Lipinski definition) is 1. The molecule has 0 aromatic heterocycles. The van der Waals surface area contributed by atoms with Crippen molar-refractivity contribution in [3.63, 3.8) is 0 Å². The van der Waals surface area contributed by atoms with E-state index in [0.29, 0.717) is 56.1 Å². The van der Waals surface area contributed by atoms with E-state index >= 15 is 0 Å². The van der Waals surface area contributed by atoms with Crippen LogP contribution in [0.25, 0.3) is 0 Å². The van der Waals surface area contributed by atoms with Gasteiger partial charge in [-0.2, -0.15) is 0 Å². The SMILES string of the molecule is COc1ccc(C(=O)N2CCN(C(=O)C3CCC(=O)N3)CC2)c(OC)c1. The molecule has 1 aromatic rings. The number of ether oxygens (including phenoxy) is 2. The van der Waals surface area contributed by atoms with Crippen LogP contribution in [-0.4, -0.2) is 74.0 Å². The first-order chi connectivity index (χ1) is 12.5. The molecule has 1 N–H and O–H groups in total. The van der Waals surface area contributed by atoms with Gasteiger partial charge in [-0.25, -0.2) is 0 Å². The number of methoxy groups -OCH3 is 2. The zero-order chi connectivity index (χ0) is 18.7. The van der Waals surface area contributed by atoms with E-state index in [0.717, 1.165) is 0 Å². The van der Waals surface area contributed by atoms with Gasteiger partial charge >= 0.3 is 0 Å². The Morgan fingerprint density at radius 3 is 2.35 bits per heavy atom. The average Bonchev–Trinajstić information content (AvgIpc) is 3.12. The number of amides is 3. The van der Waals surface area contributed by atoms with E-state index in [4.69, 9.17) is 9.47 Å². The molecular formula is C18H23N3O5. The normalized spacial score (nSPS) is 19.9. The summed E-state index contributed by atoms with van der Waals surface area (Å²) < 4.78 is 10.5. The molecule has 0 radical (unpaired) electrons. The zero-order valence-corrected chi connectivity index (χ0v) is 15.0. The second-order valence-electron chi connectivity index (χ2n) is 6.34. The van der Waals surface area contributed by atoms with Crippen molar-refractivity contribution in [1.82, 2.24) is 15.1 Å². The molecule has 2 saturated heterocycles. The third kappa shape index (κ3) is 3.58. The first-order valence-electron chi connectivity index (χ1n) is 8.63. The molecule has 3 amide bonds. The lowest BCUT2D eigenvalue weighted by Gasteiger charge is -2.36. The predicted molar refractivity (Wildman–Crippen MR) is 93.2 cm³/mol. The minimum absolute atomic E-state index is 0.0648. The maximum Gasteiger partial charge on any atom is 0.257 e. The molecule has 3 rings (SSSR count). The highest BCUT2D eigenvalue weighted by atomic mass is 16.5. The molecule has 8 nitrogen and oxygen atoms in total. The maximum absolute atomic E-state index is 12.8. The molecule has 0 bridgehead atoms. The van der Waals surface area contributed by atoms with Gasteiger partial charge in [-0.1, -0.05) is 0 Å². The lowest BCUT2D eigenvalue weighted by molar-refractivity contribution is -0.135. The van der Waals surface area contributed by atoms with E-state index in [1.165, 1.54) is 7.11 Å². The Morgan fingerprint density at radius 1 is 1.08 bits per heavy atom. The average molecular weight is 361 g/mol. The summed E-state index contributed by atoms with van der Waals surface area (Å²) in [5.41, 5.74) is 0.469. The molecule has 0 saturated carbocycles. The van der Waals surface area contributed by atoms with Crippen LogP contribution in [0, 0.1) is 0 Å². The number of nitrogens with one attached hydrogen (secondary N) is 1. The molecule has 26 heavy (non-hydrogen) atoms. The highest BCUT2D eigenvalue weighted by molar-refractivity contribution is 5.97. The first-order valence-corrected chi connectivity index (χ1v) is 8.63. The largest absolute Gasteiger partial charge is 0.497 e. The molecule has 1 atom stereocenters. The minimum atomic E-state index is -0.425. The van der Waals surface area contributed by atoms with Crippen LogP contribution in [0.5, 0.6) is 11.5 Å². The van der Waals surface area contributed by atoms with Gasteiger partial charge in [-0.3, -0.25) is 14.4 Å². The maximum atomic E-state index is 12.8. The van der Waals surface area contributed by atoms with Crippen molar-refractivity contribution < 1.29 is 23.9 Å². The Morgan fingerprint density at radius 2 is 1.77 bits per heavy atom. The van der Waals surface area contributed by atoms with Gasteiger partial charge in [-0.15, -0.1) is 0 Å². The van der Waals surface area contributed by atoms with Crippen LogP contribution in [0.3, 0.4) is 0 Å². The third-order valence-electron chi connectivity index (χ3n) is 4.81. The molecule has 2 fully saturated rings. The number of rotatable bonds is 4. The van der Waals surface area contributed by atoms with Crippen LogP contribution in [-0.2, 0) is 9.59 Å². The van der Waals surface area contributed by atoms with Gasteiger partial charge in [0.05, 0.1) is 19.8 Å². The Hall–Kier alpha value is -2.77. The van der Waals surface area contributed by atoms with Gasteiger partial charge in [0.1, 0.15) is 17.5 Å². The fourth-order valence-corrected chi connectivity index (χ4v) is 3.30. The van der Waals surface area contributed by atoms with E-state index in [2.05, 4.69) is 5.32 Å². The smallest absolute Gasteiger partial charge is 0.257 e. The third-order valence-corrected chi connectivity index (χ3v) is 4.81. The lowest BCUT2D eigenvalue weighted by atomic mass is 10.1. The molecule has 2 aliphatic rings. The van der Waals surface area contributed by atoms with E-state index in [1.807, 2.05) is 0 Å². The fourth-order valence-electron chi connectivity index (χ4n) is 3.30. The Bertz CT molecular complexity index is 713. The second kappa shape index (κ2) is 7.63. The number of piperazine rings is 1. The van der Waals surface area contributed by atoms with Crippen molar-refractivity contribution in [1.29, 1.82) is 0 Å². The summed E-state index contributed by atoms with van der Waals surface area (Å²) in [5.74, 6) is 0.800.